The van der Waals surface area contributed by atoms with E-state index in [-0.39, 0.29) is 6.10 Å². The van der Waals surface area contributed by atoms with E-state index in [0.717, 1.165) is 11.3 Å². The minimum Gasteiger partial charge on any atom is -0.490 e. The Morgan fingerprint density at radius 2 is 1.94 bits per heavy atom. The van der Waals surface area contributed by atoms with Crippen molar-refractivity contribution in [2.75, 3.05) is 5.73 Å². The van der Waals surface area contributed by atoms with Gasteiger partial charge in [0.15, 0.2) is 5.82 Å². The molecule has 0 saturated heterocycles. The van der Waals surface area contributed by atoms with Crippen molar-refractivity contribution >= 4 is 5.82 Å². The number of anilines is 1. The number of hydrogen-bond acceptors (Lipinski definition) is 4. The molecule has 1 heterocycles. The van der Waals surface area contributed by atoms with Crippen molar-refractivity contribution in [3.63, 3.8) is 0 Å². The molecule has 0 fully saturated rings. The summed E-state index contributed by atoms with van der Waals surface area (Å²) in [5.41, 5.74) is 6.51. The summed E-state index contributed by atoms with van der Waals surface area (Å²) >= 11 is 0. The van der Waals surface area contributed by atoms with Crippen LogP contribution in [-0.4, -0.2) is 16.1 Å². The van der Waals surface area contributed by atoms with E-state index in [1.165, 1.54) is 0 Å². The molecule has 4 heteroatoms. The molecule has 2 rings (SSSR count). The van der Waals surface area contributed by atoms with Gasteiger partial charge in [-0.1, -0.05) is 12.1 Å². The standard InChI is InChI=1S/C13H15N3O/c1-9(2)17-11-6-4-3-5-10(11)13-15-8-7-12(14)16-13/h3-9H,1-2H3,(H2,14,15,16). The maximum atomic E-state index is 5.72. The molecule has 0 aliphatic rings. The van der Waals surface area contributed by atoms with Crippen LogP contribution in [-0.2, 0) is 0 Å². The first kappa shape index (κ1) is 11.4. The zero-order chi connectivity index (χ0) is 12.3. The molecular weight excluding hydrogens is 214 g/mol. The fraction of sp³-hybridized carbons (Fsp3) is 0.231. The van der Waals surface area contributed by atoms with Crippen molar-refractivity contribution in [3.8, 4) is 17.1 Å². The van der Waals surface area contributed by atoms with Gasteiger partial charge in [0.25, 0.3) is 0 Å². The third-order valence-corrected chi connectivity index (χ3v) is 2.17. The summed E-state index contributed by atoms with van der Waals surface area (Å²) in [5, 5.41) is 0. The van der Waals surface area contributed by atoms with Gasteiger partial charge in [-0.05, 0) is 32.0 Å². The quantitative estimate of drug-likeness (QED) is 0.878. The molecule has 2 N–H and O–H groups in total. The molecule has 4 nitrogen and oxygen atoms in total. The fourth-order valence-corrected chi connectivity index (χ4v) is 1.51. The SMILES string of the molecule is CC(C)Oc1ccccc1-c1nccc(N)n1. The molecule has 1 aromatic carbocycles. The Morgan fingerprint density at radius 3 is 2.65 bits per heavy atom. The van der Waals surface area contributed by atoms with Gasteiger partial charge in [0.2, 0.25) is 0 Å². The predicted molar refractivity (Wildman–Crippen MR) is 67.6 cm³/mol. The molecule has 2 aromatic rings. The number of ether oxygens (including phenoxy) is 1. The molecule has 88 valence electrons. The summed E-state index contributed by atoms with van der Waals surface area (Å²) in [6, 6.07) is 9.34. The van der Waals surface area contributed by atoms with Gasteiger partial charge in [0.1, 0.15) is 11.6 Å². The highest BCUT2D eigenvalue weighted by atomic mass is 16.5. The average molecular weight is 229 g/mol. The van der Waals surface area contributed by atoms with Gasteiger partial charge in [-0.15, -0.1) is 0 Å². The van der Waals surface area contributed by atoms with Crippen LogP contribution in [0.2, 0.25) is 0 Å². The fourth-order valence-electron chi connectivity index (χ4n) is 1.51. The van der Waals surface area contributed by atoms with Crippen LogP contribution in [0.3, 0.4) is 0 Å². The Bertz CT molecular complexity index is 512. The van der Waals surface area contributed by atoms with Gasteiger partial charge in [-0.25, -0.2) is 9.97 Å². The number of para-hydroxylation sites is 1. The molecule has 1 aromatic heterocycles. The number of aromatic nitrogens is 2. The third-order valence-electron chi connectivity index (χ3n) is 2.17. The second kappa shape index (κ2) is 4.82. The van der Waals surface area contributed by atoms with Gasteiger partial charge >= 0.3 is 0 Å². The summed E-state index contributed by atoms with van der Waals surface area (Å²) in [4.78, 5) is 8.40. The lowest BCUT2D eigenvalue weighted by Gasteiger charge is -2.13. The number of nitrogen functional groups attached to an aromatic ring is 1. The monoisotopic (exact) mass is 229 g/mol. The van der Waals surface area contributed by atoms with Crippen LogP contribution in [0.25, 0.3) is 11.4 Å². The van der Waals surface area contributed by atoms with Crippen LogP contribution in [0.15, 0.2) is 36.5 Å². The lowest BCUT2D eigenvalue weighted by Crippen LogP contribution is -2.07. The van der Waals surface area contributed by atoms with Gasteiger partial charge in [-0.3, -0.25) is 0 Å². The van der Waals surface area contributed by atoms with Crippen molar-refractivity contribution in [1.82, 2.24) is 9.97 Å². The molecule has 0 atom stereocenters. The minimum absolute atomic E-state index is 0.109. The molecule has 17 heavy (non-hydrogen) atoms. The maximum Gasteiger partial charge on any atom is 0.165 e. The number of benzene rings is 1. The van der Waals surface area contributed by atoms with E-state index in [4.69, 9.17) is 10.5 Å². The summed E-state index contributed by atoms with van der Waals surface area (Å²) < 4.78 is 5.72. The van der Waals surface area contributed by atoms with Crippen LogP contribution in [0, 0.1) is 0 Å². The van der Waals surface area contributed by atoms with Crippen molar-refractivity contribution in [3.05, 3.63) is 36.5 Å². The topological polar surface area (TPSA) is 61.0 Å². The Morgan fingerprint density at radius 1 is 1.18 bits per heavy atom. The van der Waals surface area contributed by atoms with E-state index in [1.54, 1.807) is 12.3 Å². The largest absolute Gasteiger partial charge is 0.490 e. The highest BCUT2D eigenvalue weighted by molar-refractivity contribution is 5.64. The molecule has 0 aliphatic carbocycles. The van der Waals surface area contributed by atoms with Gasteiger partial charge in [-0.2, -0.15) is 0 Å². The Labute approximate surface area is 100 Å². The van der Waals surface area contributed by atoms with Crippen molar-refractivity contribution < 1.29 is 4.74 Å². The molecule has 0 radical (unpaired) electrons. The summed E-state index contributed by atoms with van der Waals surface area (Å²) in [7, 11) is 0. The van der Waals surface area contributed by atoms with Crippen LogP contribution in [0.5, 0.6) is 5.75 Å². The molecule has 0 saturated carbocycles. The number of nitrogens with zero attached hydrogens (tertiary/aromatic N) is 2. The highest BCUT2D eigenvalue weighted by Gasteiger charge is 2.09. The Kier molecular flexibility index (Phi) is 3.23. The maximum absolute atomic E-state index is 5.72. The van der Waals surface area contributed by atoms with E-state index in [0.29, 0.717) is 11.6 Å². The van der Waals surface area contributed by atoms with Crippen LogP contribution >= 0.6 is 0 Å². The van der Waals surface area contributed by atoms with E-state index in [1.807, 2.05) is 38.1 Å². The summed E-state index contributed by atoms with van der Waals surface area (Å²) in [6.45, 7) is 3.97. The predicted octanol–water partition coefficient (Wildman–Crippen LogP) is 2.51. The minimum atomic E-state index is 0.109. The van der Waals surface area contributed by atoms with E-state index < -0.39 is 0 Å². The van der Waals surface area contributed by atoms with Crippen molar-refractivity contribution in [2.24, 2.45) is 0 Å². The number of hydrogen-bond donors (Lipinski definition) is 1. The number of rotatable bonds is 3. The highest BCUT2D eigenvalue weighted by Crippen LogP contribution is 2.27. The molecule has 0 aliphatic heterocycles. The summed E-state index contributed by atoms with van der Waals surface area (Å²) in [6.07, 6.45) is 1.75. The van der Waals surface area contributed by atoms with E-state index in [2.05, 4.69) is 9.97 Å². The smallest absolute Gasteiger partial charge is 0.165 e. The van der Waals surface area contributed by atoms with Crippen LogP contribution < -0.4 is 10.5 Å². The zero-order valence-corrected chi connectivity index (χ0v) is 9.92. The van der Waals surface area contributed by atoms with Crippen molar-refractivity contribution in [2.45, 2.75) is 20.0 Å². The second-order valence-corrected chi connectivity index (χ2v) is 3.97. The molecule has 0 spiro atoms. The third kappa shape index (κ3) is 2.72. The van der Waals surface area contributed by atoms with E-state index in [9.17, 15) is 0 Å². The second-order valence-electron chi connectivity index (χ2n) is 3.97. The van der Waals surface area contributed by atoms with E-state index >= 15 is 0 Å². The lowest BCUT2D eigenvalue weighted by atomic mass is 10.2. The van der Waals surface area contributed by atoms with Crippen LogP contribution in [0.1, 0.15) is 13.8 Å². The lowest BCUT2D eigenvalue weighted by molar-refractivity contribution is 0.243. The Balaban J connectivity index is 2.44. The molecular formula is C13H15N3O. The van der Waals surface area contributed by atoms with Gasteiger partial charge < -0.3 is 10.5 Å². The first-order valence-electron chi connectivity index (χ1n) is 5.51. The molecule has 0 bridgehead atoms. The first-order chi connectivity index (χ1) is 8.16. The zero-order valence-electron chi connectivity index (χ0n) is 9.92. The van der Waals surface area contributed by atoms with Gasteiger partial charge in [0, 0.05) is 6.20 Å². The number of nitrogens with two attached hydrogens (primary N) is 1. The molecule has 0 unspecified atom stereocenters. The Hall–Kier alpha value is -2.10. The van der Waals surface area contributed by atoms with Crippen molar-refractivity contribution in [1.29, 1.82) is 0 Å². The first-order valence-corrected chi connectivity index (χ1v) is 5.51. The average Bonchev–Trinajstić information content (AvgIpc) is 2.29. The van der Waals surface area contributed by atoms with Crippen LogP contribution in [0.4, 0.5) is 5.82 Å². The molecule has 0 amide bonds. The van der Waals surface area contributed by atoms with Gasteiger partial charge in [0.05, 0.1) is 11.7 Å². The normalized spacial score (nSPS) is 10.5. The summed E-state index contributed by atoms with van der Waals surface area (Å²) in [5.74, 6) is 1.81.